The number of amides is 2. The van der Waals surface area contributed by atoms with Crippen molar-refractivity contribution in [3.63, 3.8) is 0 Å². The molecular formula is C30H53N3O6. The molecule has 2 saturated heterocycles. The molecule has 0 aromatic heterocycles. The Kier molecular flexibility index (Phi) is 12.5. The highest BCUT2D eigenvalue weighted by atomic mass is 16.6. The summed E-state index contributed by atoms with van der Waals surface area (Å²) < 4.78 is 24.1. The zero-order chi connectivity index (χ0) is 28.3. The Balaban J connectivity index is 1.28. The Bertz CT molecular complexity index is 813. The number of unbranched alkanes of at least 4 members (excludes halogenated alkanes) is 7. The molecule has 3 rings (SSSR count). The molecule has 2 amide bonds. The van der Waals surface area contributed by atoms with E-state index in [0.717, 1.165) is 58.1 Å². The van der Waals surface area contributed by atoms with Gasteiger partial charge in [-0.3, -0.25) is 4.79 Å². The Hall–Kier alpha value is -1.68. The van der Waals surface area contributed by atoms with Crippen molar-refractivity contribution in [3.8, 4) is 0 Å². The summed E-state index contributed by atoms with van der Waals surface area (Å²) in [6.45, 7) is 8.85. The molecule has 0 aromatic rings. The first-order chi connectivity index (χ1) is 18.8. The number of hydrogen-bond acceptors (Lipinski definition) is 7. The summed E-state index contributed by atoms with van der Waals surface area (Å²) in [5, 5.41) is 8.70. The minimum atomic E-state index is -0.363. The van der Waals surface area contributed by atoms with Crippen LogP contribution < -0.4 is 16.0 Å². The molecule has 0 bridgehead atoms. The minimum absolute atomic E-state index is 0.0363. The van der Waals surface area contributed by atoms with Crippen LogP contribution in [0, 0.1) is 5.92 Å². The lowest BCUT2D eigenvalue weighted by atomic mass is 9.68. The molecule has 3 aliphatic rings. The highest BCUT2D eigenvalue weighted by Crippen LogP contribution is 2.59. The second-order valence-electron chi connectivity index (χ2n) is 12.0. The summed E-state index contributed by atoms with van der Waals surface area (Å²) in [5.41, 5.74) is 0.742. The van der Waals surface area contributed by atoms with Crippen molar-refractivity contribution >= 4 is 12.0 Å². The van der Waals surface area contributed by atoms with Crippen molar-refractivity contribution < 1.29 is 28.5 Å². The van der Waals surface area contributed by atoms with Crippen LogP contribution in [0.1, 0.15) is 91.4 Å². The molecule has 1 aliphatic carbocycles. The highest BCUT2D eigenvalue weighted by molar-refractivity contribution is 5.77. The number of alkyl carbamates (subject to hydrolysis) is 1. The molecule has 3 N–H and O–H groups in total. The predicted molar refractivity (Wildman–Crippen MR) is 152 cm³/mol. The van der Waals surface area contributed by atoms with Crippen molar-refractivity contribution in [3.05, 3.63) is 11.6 Å². The SMILES string of the molecule is CNCC(=O)NCCCCCCCCCCNC(=O)OC1CC[C@]2(CO2)C([C@]2(C)O[C@@H]2CC=C(C)C)C1OC. The summed E-state index contributed by atoms with van der Waals surface area (Å²) in [4.78, 5) is 24.0. The maximum atomic E-state index is 12.6. The van der Waals surface area contributed by atoms with E-state index in [2.05, 4.69) is 42.8 Å². The highest BCUT2D eigenvalue weighted by Gasteiger charge is 2.72. The van der Waals surface area contributed by atoms with Crippen LogP contribution >= 0.6 is 0 Å². The predicted octanol–water partition coefficient (Wildman–Crippen LogP) is 4.25. The number of allylic oxidation sites excluding steroid dienone is 1. The lowest BCUT2D eigenvalue weighted by Gasteiger charge is -2.42. The summed E-state index contributed by atoms with van der Waals surface area (Å²) in [6.07, 6.45) is 12.9. The summed E-state index contributed by atoms with van der Waals surface area (Å²) in [7, 11) is 3.48. The third kappa shape index (κ3) is 9.44. The third-order valence-corrected chi connectivity index (χ3v) is 8.53. The van der Waals surface area contributed by atoms with Gasteiger partial charge in [-0.2, -0.15) is 0 Å². The molecule has 39 heavy (non-hydrogen) atoms. The molecule has 1 spiro atoms. The number of ether oxygens (including phenoxy) is 4. The average molecular weight is 552 g/mol. The lowest BCUT2D eigenvalue weighted by molar-refractivity contribution is -0.120. The standard InChI is InChI=1S/C30H53N3O6/c1-22(2)14-15-24-29(3,39-24)27-26(36-5)23(16-17-30(27)21-37-30)38-28(35)33-19-13-11-9-7-6-8-10-12-18-32-25(34)20-31-4/h14,23-24,26-27,31H,6-13,15-21H2,1-5H3,(H,32,34)(H,33,35)/t23?,24-,26?,27?,29-,30+/m1/s1. The number of carbonyl (C=O) groups excluding carboxylic acids is 2. The summed E-state index contributed by atoms with van der Waals surface area (Å²) in [6, 6.07) is 0. The normalized spacial score (nSPS) is 31.0. The largest absolute Gasteiger partial charge is 0.443 e. The first-order valence-electron chi connectivity index (χ1n) is 15.1. The Labute approximate surface area is 235 Å². The van der Waals surface area contributed by atoms with E-state index in [0.29, 0.717) is 13.1 Å². The maximum Gasteiger partial charge on any atom is 0.407 e. The number of rotatable bonds is 18. The van der Waals surface area contributed by atoms with E-state index in [-0.39, 0.29) is 47.4 Å². The van der Waals surface area contributed by atoms with Crippen LogP contribution in [0.3, 0.4) is 0 Å². The van der Waals surface area contributed by atoms with Gasteiger partial charge in [0.25, 0.3) is 0 Å². The van der Waals surface area contributed by atoms with Crippen molar-refractivity contribution in [1.82, 2.24) is 16.0 Å². The number of hydrogen-bond donors (Lipinski definition) is 3. The second-order valence-corrected chi connectivity index (χ2v) is 12.0. The molecule has 3 unspecified atom stereocenters. The van der Waals surface area contributed by atoms with Crippen LogP contribution in [0.5, 0.6) is 0 Å². The fraction of sp³-hybridized carbons (Fsp3) is 0.867. The van der Waals surface area contributed by atoms with E-state index in [9.17, 15) is 9.59 Å². The molecule has 9 heteroatoms. The molecule has 1 saturated carbocycles. The fourth-order valence-electron chi connectivity index (χ4n) is 6.20. The van der Waals surface area contributed by atoms with Gasteiger partial charge in [0.2, 0.25) is 5.91 Å². The molecule has 0 aromatic carbocycles. The van der Waals surface area contributed by atoms with E-state index >= 15 is 0 Å². The van der Waals surface area contributed by atoms with Gasteiger partial charge in [-0.05, 0) is 59.9 Å². The van der Waals surface area contributed by atoms with Gasteiger partial charge in [0.1, 0.15) is 23.4 Å². The molecule has 2 aliphatic heterocycles. The topological polar surface area (TPSA) is 114 Å². The van der Waals surface area contributed by atoms with Crippen LogP contribution in [-0.2, 0) is 23.7 Å². The van der Waals surface area contributed by atoms with Crippen LogP contribution in [0.4, 0.5) is 4.79 Å². The summed E-state index contributed by atoms with van der Waals surface area (Å²) >= 11 is 0. The van der Waals surface area contributed by atoms with Crippen molar-refractivity contribution in [2.45, 2.75) is 121 Å². The first-order valence-corrected chi connectivity index (χ1v) is 15.1. The van der Waals surface area contributed by atoms with Gasteiger partial charge in [-0.15, -0.1) is 0 Å². The number of carbonyl (C=O) groups is 2. The molecule has 6 atom stereocenters. The van der Waals surface area contributed by atoms with Crippen molar-refractivity contribution in [2.24, 2.45) is 5.92 Å². The quantitative estimate of drug-likeness (QED) is 0.133. The molecule has 0 radical (unpaired) electrons. The maximum absolute atomic E-state index is 12.6. The molecule has 2 heterocycles. The Morgan fingerprint density at radius 3 is 2.18 bits per heavy atom. The third-order valence-electron chi connectivity index (χ3n) is 8.53. The molecular weight excluding hydrogens is 498 g/mol. The van der Waals surface area contributed by atoms with Crippen LogP contribution in [0.2, 0.25) is 0 Å². The van der Waals surface area contributed by atoms with Gasteiger partial charge in [0.15, 0.2) is 0 Å². The van der Waals surface area contributed by atoms with E-state index in [1.807, 2.05) is 0 Å². The van der Waals surface area contributed by atoms with Gasteiger partial charge < -0.3 is 34.9 Å². The van der Waals surface area contributed by atoms with Gasteiger partial charge >= 0.3 is 6.09 Å². The average Bonchev–Trinajstić information content (AvgIpc) is 3.81. The van der Waals surface area contributed by atoms with Crippen LogP contribution in [-0.4, -0.2) is 81.9 Å². The smallest absolute Gasteiger partial charge is 0.407 e. The minimum Gasteiger partial charge on any atom is -0.443 e. The lowest BCUT2D eigenvalue weighted by Crippen LogP contribution is -2.56. The van der Waals surface area contributed by atoms with Gasteiger partial charge in [-0.25, -0.2) is 4.79 Å². The Morgan fingerprint density at radius 1 is 1.00 bits per heavy atom. The van der Waals surface area contributed by atoms with Crippen molar-refractivity contribution in [1.29, 1.82) is 0 Å². The summed E-state index contributed by atoms with van der Waals surface area (Å²) in [5.74, 6) is 0.0954. The molecule has 3 fully saturated rings. The number of likely N-dealkylation sites (N-methyl/N-ethyl adjacent to an activating group) is 1. The molecule has 9 nitrogen and oxygen atoms in total. The van der Waals surface area contributed by atoms with E-state index < -0.39 is 0 Å². The number of methoxy groups -OCH3 is 1. The Morgan fingerprint density at radius 2 is 1.62 bits per heavy atom. The number of epoxide rings is 2. The van der Waals surface area contributed by atoms with E-state index in [1.54, 1.807) is 14.2 Å². The van der Waals surface area contributed by atoms with Crippen LogP contribution in [0.15, 0.2) is 11.6 Å². The van der Waals surface area contributed by atoms with E-state index in [4.69, 9.17) is 18.9 Å². The monoisotopic (exact) mass is 551 g/mol. The first kappa shape index (κ1) is 31.8. The number of nitrogens with one attached hydrogen (secondary N) is 3. The van der Waals surface area contributed by atoms with Crippen LogP contribution in [0.25, 0.3) is 0 Å². The van der Waals surface area contributed by atoms with E-state index in [1.165, 1.54) is 31.3 Å². The molecule has 224 valence electrons. The van der Waals surface area contributed by atoms with Gasteiger partial charge in [0.05, 0.1) is 25.2 Å². The van der Waals surface area contributed by atoms with Gasteiger partial charge in [-0.1, -0.05) is 50.2 Å². The zero-order valence-electron chi connectivity index (χ0n) is 24.9. The zero-order valence-corrected chi connectivity index (χ0v) is 24.9. The van der Waals surface area contributed by atoms with Gasteiger partial charge in [0, 0.05) is 20.2 Å². The second kappa shape index (κ2) is 15.4. The fourth-order valence-corrected chi connectivity index (χ4v) is 6.20. The van der Waals surface area contributed by atoms with Crippen molar-refractivity contribution in [2.75, 3.05) is 40.4 Å².